The summed E-state index contributed by atoms with van der Waals surface area (Å²) in [6.45, 7) is 5.98. The van der Waals surface area contributed by atoms with Crippen molar-refractivity contribution < 1.29 is 0 Å². The van der Waals surface area contributed by atoms with Crippen LogP contribution in [0.3, 0.4) is 0 Å². The molecule has 0 spiro atoms. The van der Waals surface area contributed by atoms with Gasteiger partial charge in [-0.3, -0.25) is 0 Å². The predicted molar refractivity (Wildman–Crippen MR) is 81.9 cm³/mol. The Morgan fingerprint density at radius 1 is 1.26 bits per heavy atom. The Balaban J connectivity index is 1.84. The average molecular weight is 257 g/mol. The third-order valence-corrected chi connectivity index (χ3v) is 5.25. The van der Waals surface area contributed by atoms with Crippen molar-refractivity contribution in [2.24, 2.45) is 0 Å². The van der Waals surface area contributed by atoms with E-state index in [9.17, 15) is 0 Å². The number of benzene rings is 1. The highest BCUT2D eigenvalue weighted by molar-refractivity contribution is 5.43. The van der Waals surface area contributed by atoms with Gasteiger partial charge < -0.3 is 4.90 Å². The maximum Gasteiger partial charge on any atom is 0.00985 e. The van der Waals surface area contributed by atoms with E-state index in [1.807, 2.05) is 0 Å². The Morgan fingerprint density at radius 2 is 2.11 bits per heavy atom. The second kappa shape index (κ2) is 5.28. The van der Waals surface area contributed by atoms with E-state index in [2.05, 4.69) is 44.0 Å². The number of fused-ring (bicyclic) bond motifs is 1. The molecule has 0 amide bonds. The van der Waals surface area contributed by atoms with Gasteiger partial charge >= 0.3 is 0 Å². The second-order valence-electron chi connectivity index (χ2n) is 6.82. The quantitative estimate of drug-likeness (QED) is 0.779. The van der Waals surface area contributed by atoms with Crippen molar-refractivity contribution in [3.05, 3.63) is 34.9 Å². The fourth-order valence-corrected chi connectivity index (χ4v) is 4.17. The van der Waals surface area contributed by atoms with Crippen LogP contribution in [0, 0.1) is 0 Å². The standard InChI is InChI=1S/C18H27N/c1-13(2)17-8-4-6-14-9-10-15(18(14)17)12-16-7-5-11-19(16)3/h4,6,8,13,15-16H,5,7,9-12H2,1-3H3/t15-,16-/m1/s1. The van der Waals surface area contributed by atoms with Gasteiger partial charge in [0.25, 0.3) is 0 Å². The first-order valence-corrected chi connectivity index (χ1v) is 7.98. The maximum absolute atomic E-state index is 2.58. The molecule has 1 saturated heterocycles. The number of likely N-dealkylation sites (tertiary alicyclic amines) is 1. The summed E-state index contributed by atoms with van der Waals surface area (Å²) in [7, 11) is 2.31. The topological polar surface area (TPSA) is 3.24 Å². The van der Waals surface area contributed by atoms with E-state index in [1.165, 1.54) is 38.6 Å². The van der Waals surface area contributed by atoms with E-state index in [1.54, 1.807) is 16.7 Å². The van der Waals surface area contributed by atoms with Gasteiger partial charge in [-0.1, -0.05) is 32.0 Å². The van der Waals surface area contributed by atoms with Crippen LogP contribution in [0.5, 0.6) is 0 Å². The van der Waals surface area contributed by atoms with E-state index in [0.717, 1.165) is 12.0 Å². The highest BCUT2D eigenvalue weighted by atomic mass is 15.1. The molecule has 0 radical (unpaired) electrons. The lowest BCUT2D eigenvalue weighted by Gasteiger charge is -2.25. The van der Waals surface area contributed by atoms with Crippen LogP contribution in [0.1, 0.15) is 68.1 Å². The smallest absolute Gasteiger partial charge is 0.00985 e. The molecule has 2 atom stereocenters. The van der Waals surface area contributed by atoms with Crippen LogP contribution >= 0.6 is 0 Å². The van der Waals surface area contributed by atoms with Gasteiger partial charge in [-0.05, 0) is 74.2 Å². The van der Waals surface area contributed by atoms with E-state index in [4.69, 9.17) is 0 Å². The molecule has 1 heterocycles. The summed E-state index contributed by atoms with van der Waals surface area (Å²) in [4.78, 5) is 2.58. The van der Waals surface area contributed by atoms with Crippen molar-refractivity contribution in [1.29, 1.82) is 0 Å². The summed E-state index contributed by atoms with van der Waals surface area (Å²) in [5, 5.41) is 0. The largest absolute Gasteiger partial charge is 0.303 e. The molecule has 19 heavy (non-hydrogen) atoms. The molecule has 2 aliphatic rings. The predicted octanol–water partition coefficient (Wildman–Crippen LogP) is 4.32. The van der Waals surface area contributed by atoms with Crippen molar-refractivity contribution in [3.63, 3.8) is 0 Å². The van der Waals surface area contributed by atoms with Gasteiger partial charge in [-0.15, -0.1) is 0 Å². The van der Waals surface area contributed by atoms with Crippen molar-refractivity contribution in [1.82, 2.24) is 4.90 Å². The molecule has 0 aromatic heterocycles. The van der Waals surface area contributed by atoms with Crippen LogP contribution < -0.4 is 0 Å². The molecule has 1 aliphatic carbocycles. The summed E-state index contributed by atoms with van der Waals surface area (Å²) >= 11 is 0. The van der Waals surface area contributed by atoms with Gasteiger partial charge in [0.05, 0.1) is 0 Å². The second-order valence-corrected chi connectivity index (χ2v) is 6.82. The van der Waals surface area contributed by atoms with Gasteiger partial charge in [0, 0.05) is 6.04 Å². The Morgan fingerprint density at radius 3 is 2.79 bits per heavy atom. The molecular formula is C18H27N. The lowest BCUT2D eigenvalue weighted by molar-refractivity contribution is 0.281. The molecule has 1 nitrogen and oxygen atoms in total. The first-order valence-electron chi connectivity index (χ1n) is 7.98. The minimum atomic E-state index is 0.664. The highest BCUT2D eigenvalue weighted by Gasteiger charge is 2.30. The summed E-state index contributed by atoms with van der Waals surface area (Å²) in [5.41, 5.74) is 4.97. The Labute approximate surface area is 118 Å². The Bertz CT molecular complexity index is 449. The molecule has 1 heteroatoms. The van der Waals surface area contributed by atoms with E-state index in [-0.39, 0.29) is 0 Å². The molecular weight excluding hydrogens is 230 g/mol. The van der Waals surface area contributed by atoms with E-state index < -0.39 is 0 Å². The van der Waals surface area contributed by atoms with Gasteiger partial charge in [0.15, 0.2) is 0 Å². The molecule has 1 aromatic rings. The number of hydrogen-bond acceptors (Lipinski definition) is 1. The van der Waals surface area contributed by atoms with Crippen molar-refractivity contribution in [3.8, 4) is 0 Å². The van der Waals surface area contributed by atoms with Crippen LogP contribution in [0.15, 0.2) is 18.2 Å². The molecule has 1 aliphatic heterocycles. The van der Waals surface area contributed by atoms with Crippen molar-refractivity contribution >= 4 is 0 Å². The zero-order valence-corrected chi connectivity index (χ0v) is 12.7. The number of hydrogen-bond donors (Lipinski definition) is 0. The average Bonchev–Trinajstić information content (AvgIpc) is 2.97. The minimum Gasteiger partial charge on any atom is -0.303 e. The number of aryl methyl sites for hydroxylation is 1. The van der Waals surface area contributed by atoms with Crippen LogP contribution in [0.25, 0.3) is 0 Å². The van der Waals surface area contributed by atoms with E-state index in [0.29, 0.717) is 5.92 Å². The molecule has 1 fully saturated rings. The van der Waals surface area contributed by atoms with Crippen LogP contribution in [0.4, 0.5) is 0 Å². The van der Waals surface area contributed by atoms with Gasteiger partial charge in [0.2, 0.25) is 0 Å². The molecule has 0 bridgehead atoms. The summed E-state index contributed by atoms with van der Waals surface area (Å²) in [5.74, 6) is 1.48. The first kappa shape index (κ1) is 13.2. The molecule has 104 valence electrons. The summed E-state index contributed by atoms with van der Waals surface area (Å²) in [6.07, 6.45) is 6.87. The number of rotatable bonds is 3. The number of nitrogens with zero attached hydrogens (tertiary/aromatic N) is 1. The molecule has 3 rings (SSSR count). The van der Waals surface area contributed by atoms with Crippen molar-refractivity contribution in [2.45, 2.75) is 63.8 Å². The fraction of sp³-hybridized carbons (Fsp3) is 0.667. The third kappa shape index (κ3) is 2.45. The summed E-state index contributed by atoms with van der Waals surface area (Å²) in [6, 6.07) is 7.81. The van der Waals surface area contributed by atoms with Crippen molar-refractivity contribution in [2.75, 3.05) is 13.6 Å². The molecule has 0 unspecified atom stereocenters. The molecule has 1 aromatic carbocycles. The third-order valence-electron chi connectivity index (χ3n) is 5.25. The highest BCUT2D eigenvalue weighted by Crippen LogP contribution is 2.42. The van der Waals surface area contributed by atoms with Crippen LogP contribution in [0.2, 0.25) is 0 Å². The SMILES string of the molecule is CC(C)c1cccc2c1[C@@H](C[C@H]1CCCN1C)CC2. The lowest BCUT2D eigenvalue weighted by atomic mass is 9.86. The van der Waals surface area contributed by atoms with Gasteiger partial charge in [-0.2, -0.15) is 0 Å². The zero-order chi connectivity index (χ0) is 13.4. The van der Waals surface area contributed by atoms with E-state index >= 15 is 0 Å². The monoisotopic (exact) mass is 257 g/mol. The first-order chi connectivity index (χ1) is 9.16. The molecule has 0 N–H and O–H groups in total. The summed E-state index contributed by atoms with van der Waals surface area (Å²) < 4.78 is 0. The van der Waals surface area contributed by atoms with Crippen LogP contribution in [-0.2, 0) is 6.42 Å². The lowest BCUT2D eigenvalue weighted by Crippen LogP contribution is -2.26. The fourth-order valence-electron chi connectivity index (χ4n) is 4.17. The normalized spacial score (nSPS) is 27.2. The van der Waals surface area contributed by atoms with Gasteiger partial charge in [-0.25, -0.2) is 0 Å². The Kier molecular flexibility index (Phi) is 3.66. The zero-order valence-electron chi connectivity index (χ0n) is 12.7. The minimum absolute atomic E-state index is 0.664. The van der Waals surface area contributed by atoms with Crippen LogP contribution in [-0.4, -0.2) is 24.5 Å². The molecule has 0 saturated carbocycles. The maximum atomic E-state index is 2.58. The Hall–Kier alpha value is -0.820. The van der Waals surface area contributed by atoms with Gasteiger partial charge in [0.1, 0.15) is 0 Å².